The summed E-state index contributed by atoms with van der Waals surface area (Å²) >= 11 is 0. The van der Waals surface area contributed by atoms with Crippen molar-refractivity contribution in [3.05, 3.63) is 12.7 Å². The van der Waals surface area contributed by atoms with Crippen LogP contribution in [0.2, 0.25) is 0 Å². The summed E-state index contributed by atoms with van der Waals surface area (Å²) in [5.41, 5.74) is 0. The van der Waals surface area contributed by atoms with Gasteiger partial charge in [0.15, 0.2) is 0 Å². The molecule has 0 amide bonds. The van der Waals surface area contributed by atoms with E-state index in [1.807, 2.05) is 5.92 Å². The van der Waals surface area contributed by atoms with Crippen LogP contribution in [0.1, 0.15) is 0 Å². The van der Waals surface area contributed by atoms with Crippen LogP contribution in [0.3, 0.4) is 0 Å². The van der Waals surface area contributed by atoms with Gasteiger partial charge < -0.3 is 0 Å². The normalized spacial score (nSPS) is 11.9. The Morgan fingerprint density at radius 2 is 1.73 bits per heavy atom. The van der Waals surface area contributed by atoms with Gasteiger partial charge >= 0.3 is 0 Å². The molecule has 0 radical (unpaired) electrons. The largest absolute Gasteiger partial charge is 0.285 e. The van der Waals surface area contributed by atoms with Crippen molar-refractivity contribution in [3.8, 4) is 12.3 Å². The third-order valence-corrected chi connectivity index (χ3v) is 4.26. The Morgan fingerprint density at radius 3 is 2.20 bits per heavy atom. The van der Waals surface area contributed by atoms with Crippen molar-refractivity contribution in [2.24, 2.45) is 0 Å². The molecule has 0 rings (SSSR count). The maximum absolute atomic E-state index is 11.0. The summed E-state index contributed by atoms with van der Waals surface area (Å²) < 4.78 is 52.3. The van der Waals surface area contributed by atoms with Gasteiger partial charge in [-0.2, -0.15) is 16.8 Å². The lowest BCUT2D eigenvalue weighted by Gasteiger charge is -2.03. The van der Waals surface area contributed by atoms with Crippen LogP contribution in [0.4, 0.5) is 0 Å². The van der Waals surface area contributed by atoms with E-state index in [0.717, 1.165) is 0 Å². The molecule has 0 aromatic heterocycles. The van der Waals surface area contributed by atoms with Crippen LogP contribution < -0.4 is 0 Å². The van der Waals surface area contributed by atoms with Gasteiger partial charge in [-0.1, -0.05) is 12.0 Å². The molecule has 0 fully saturated rings. The smallest absolute Gasteiger partial charge is 0.265 e. The first-order chi connectivity index (χ1) is 6.83. The number of hydrogen-bond donors (Lipinski definition) is 0. The minimum Gasteiger partial charge on any atom is -0.265 e. The molecule has 0 atom stereocenters. The van der Waals surface area contributed by atoms with Crippen LogP contribution in [0.15, 0.2) is 12.7 Å². The molecule has 8 heteroatoms. The molecule has 0 aromatic carbocycles. The molecule has 0 N–H and O–H groups in total. The maximum atomic E-state index is 11.0. The highest BCUT2D eigenvalue weighted by molar-refractivity contribution is 8.03. The fraction of sp³-hybridized carbons (Fsp3) is 0.429. The molecule has 6 nitrogen and oxygen atoms in total. The Kier molecular flexibility index (Phi) is 5.53. The predicted molar refractivity (Wildman–Crippen MR) is 53.6 cm³/mol. The lowest BCUT2D eigenvalue weighted by molar-refractivity contribution is 0.350. The highest BCUT2D eigenvalue weighted by atomic mass is 32.3. The SMILES string of the molecule is C#CCOS(=O)(=O)CS(=O)(=O)OCC=C. The van der Waals surface area contributed by atoms with E-state index in [1.165, 1.54) is 6.08 Å². The van der Waals surface area contributed by atoms with Crippen molar-refractivity contribution in [3.63, 3.8) is 0 Å². The molecule has 0 aliphatic carbocycles. The highest BCUT2D eigenvalue weighted by Gasteiger charge is 2.23. The molecule has 0 heterocycles. The van der Waals surface area contributed by atoms with Gasteiger partial charge in [0.25, 0.3) is 20.2 Å². The van der Waals surface area contributed by atoms with E-state index in [1.54, 1.807) is 0 Å². The first-order valence-corrected chi connectivity index (χ1v) is 6.77. The molecule has 0 saturated heterocycles. The summed E-state index contributed by atoms with van der Waals surface area (Å²) in [6.07, 6.45) is 5.92. The molecule has 0 aliphatic heterocycles. The lowest BCUT2D eigenvalue weighted by Crippen LogP contribution is -2.21. The number of terminal acetylenes is 1. The lowest BCUT2D eigenvalue weighted by atomic mass is 10.7. The minimum atomic E-state index is -4.22. The second-order valence-corrected chi connectivity index (χ2v) is 5.92. The topological polar surface area (TPSA) is 86.7 Å². The average Bonchev–Trinajstić information content (AvgIpc) is 2.10. The Hall–Kier alpha value is -0.880. The second-order valence-electron chi connectivity index (χ2n) is 2.27. The molecule has 0 bridgehead atoms. The van der Waals surface area contributed by atoms with Crippen molar-refractivity contribution >= 4 is 20.2 Å². The van der Waals surface area contributed by atoms with Gasteiger partial charge in [-0.25, -0.2) is 0 Å². The summed E-state index contributed by atoms with van der Waals surface area (Å²) in [6.45, 7) is 2.40. The first kappa shape index (κ1) is 14.1. The second kappa shape index (κ2) is 5.87. The molecular formula is C7H10O6S2. The zero-order chi connectivity index (χ0) is 11.9. The molecule has 0 saturated carbocycles. The highest BCUT2D eigenvalue weighted by Crippen LogP contribution is 2.02. The quantitative estimate of drug-likeness (QED) is 0.344. The van der Waals surface area contributed by atoms with Gasteiger partial charge in [0, 0.05) is 0 Å². The molecule has 0 spiro atoms. The van der Waals surface area contributed by atoms with Crippen molar-refractivity contribution < 1.29 is 25.2 Å². The van der Waals surface area contributed by atoms with Crippen LogP contribution in [0.25, 0.3) is 0 Å². The Labute approximate surface area is 89.1 Å². The standard InChI is InChI=1S/C7H10O6S2/c1-3-5-12-14(8,9)7-15(10,11)13-6-4-2/h1,4H,2,5-7H2. The van der Waals surface area contributed by atoms with E-state index in [9.17, 15) is 16.8 Å². The van der Waals surface area contributed by atoms with Gasteiger partial charge in [-0.3, -0.25) is 8.37 Å². The number of hydrogen-bond acceptors (Lipinski definition) is 6. The monoisotopic (exact) mass is 254 g/mol. The summed E-state index contributed by atoms with van der Waals surface area (Å²) in [5.74, 6) is 1.90. The van der Waals surface area contributed by atoms with E-state index in [-0.39, 0.29) is 6.61 Å². The molecule has 0 unspecified atom stereocenters. The summed E-state index contributed by atoms with van der Waals surface area (Å²) in [5, 5.41) is -1.27. The van der Waals surface area contributed by atoms with Gasteiger partial charge in [-0.15, -0.1) is 13.0 Å². The maximum Gasteiger partial charge on any atom is 0.285 e. The zero-order valence-corrected chi connectivity index (χ0v) is 9.38. The molecule has 0 aromatic rings. The van der Waals surface area contributed by atoms with E-state index in [0.29, 0.717) is 0 Å². The van der Waals surface area contributed by atoms with Crippen molar-refractivity contribution in [1.29, 1.82) is 0 Å². The van der Waals surface area contributed by atoms with Crippen molar-refractivity contribution in [2.75, 3.05) is 18.3 Å². The number of rotatable bonds is 7. The fourth-order valence-corrected chi connectivity index (χ4v) is 3.03. The van der Waals surface area contributed by atoms with E-state index >= 15 is 0 Å². The average molecular weight is 254 g/mol. The Balaban J connectivity index is 4.46. The zero-order valence-electron chi connectivity index (χ0n) is 7.75. The molecule has 86 valence electrons. The molecule has 15 heavy (non-hydrogen) atoms. The van der Waals surface area contributed by atoms with Crippen molar-refractivity contribution in [2.45, 2.75) is 0 Å². The van der Waals surface area contributed by atoms with E-state index in [2.05, 4.69) is 14.9 Å². The third kappa shape index (κ3) is 7.10. The van der Waals surface area contributed by atoms with Gasteiger partial charge in [0.2, 0.25) is 5.08 Å². The van der Waals surface area contributed by atoms with Crippen LogP contribution >= 0.6 is 0 Å². The van der Waals surface area contributed by atoms with Gasteiger partial charge in [-0.05, 0) is 0 Å². The van der Waals surface area contributed by atoms with Crippen molar-refractivity contribution in [1.82, 2.24) is 0 Å². The summed E-state index contributed by atoms with van der Waals surface area (Å²) in [6, 6.07) is 0. The van der Waals surface area contributed by atoms with Gasteiger partial charge in [0.05, 0.1) is 6.61 Å². The van der Waals surface area contributed by atoms with E-state index in [4.69, 9.17) is 6.42 Å². The predicted octanol–water partition coefficient (Wildman–Crippen LogP) is -0.544. The molecule has 0 aliphatic rings. The van der Waals surface area contributed by atoms with Crippen LogP contribution in [-0.2, 0) is 28.6 Å². The molecular weight excluding hydrogens is 244 g/mol. The third-order valence-electron chi connectivity index (χ3n) is 0.976. The Morgan fingerprint density at radius 1 is 1.20 bits per heavy atom. The van der Waals surface area contributed by atoms with E-state index < -0.39 is 31.9 Å². The fourth-order valence-electron chi connectivity index (χ4n) is 0.520. The van der Waals surface area contributed by atoms with Crippen LogP contribution in [0, 0.1) is 12.3 Å². The summed E-state index contributed by atoms with van der Waals surface area (Å²) in [4.78, 5) is 0. The summed E-state index contributed by atoms with van der Waals surface area (Å²) in [7, 11) is -8.41. The van der Waals surface area contributed by atoms with Crippen LogP contribution in [0.5, 0.6) is 0 Å². The van der Waals surface area contributed by atoms with Gasteiger partial charge in [0.1, 0.15) is 6.61 Å². The Bertz CT molecular complexity index is 438. The minimum absolute atomic E-state index is 0.299. The van der Waals surface area contributed by atoms with Crippen LogP contribution in [-0.4, -0.2) is 35.1 Å². The first-order valence-electron chi connectivity index (χ1n) is 3.61.